The van der Waals surface area contributed by atoms with Crippen LogP contribution in [0.25, 0.3) is 0 Å². The van der Waals surface area contributed by atoms with E-state index in [1.165, 1.54) is 0 Å². The Morgan fingerprint density at radius 1 is 0.850 bits per heavy atom. The highest BCUT2D eigenvalue weighted by Crippen LogP contribution is 2.38. The van der Waals surface area contributed by atoms with Crippen LogP contribution in [0, 0.1) is 27.7 Å². The number of ketones is 1. The van der Waals surface area contributed by atoms with E-state index in [0.717, 1.165) is 11.1 Å². The van der Waals surface area contributed by atoms with E-state index in [-0.39, 0.29) is 22.8 Å². The average Bonchev–Trinajstić information content (AvgIpc) is 2.43. The molecule has 0 heterocycles. The third-order valence-electron chi connectivity index (χ3n) is 3.93. The maximum Gasteiger partial charge on any atom is 0.197 e. The Hall–Kier alpha value is -2.29. The number of hydrogen-bond acceptors (Lipinski definition) is 3. The summed E-state index contributed by atoms with van der Waals surface area (Å²) in [6, 6.07) is 7.22. The molecule has 0 aliphatic heterocycles. The van der Waals surface area contributed by atoms with Gasteiger partial charge in [-0.2, -0.15) is 0 Å². The second kappa shape index (κ2) is 5.00. The molecule has 0 aliphatic carbocycles. The number of hydrogen-bond donors (Lipinski definition) is 2. The van der Waals surface area contributed by atoms with Gasteiger partial charge in [0.1, 0.15) is 0 Å². The molecule has 3 heteroatoms. The fraction of sp³-hybridized carbons (Fsp3) is 0.235. The summed E-state index contributed by atoms with van der Waals surface area (Å²) in [7, 11) is 0. The first-order valence-corrected chi connectivity index (χ1v) is 6.48. The van der Waals surface area contributed by atoms with Gasteiger partial charge in [0.2, 0.25) is 0 Å². The SMILES string of the molecule is Cc1ccccc1C(=O)c1c(C)c(C)c(C)c(O)c1O. The molecule has 2 rings (SSSR count). The number of phenolic OH excluding ortho intramolecular Hbond substituents is 2. The van der Waals surface area contributed by atoms with E-state index in [0.29, 0.717) is 16.7 Å². The molecule has 0 aliphatic rings. The first-order chi connectivity index (χ1) is 9.36. The van der Waals surface area contributed by atoms with E-state index in [4.69, 9.17) is 0 Å². The van der Waals surface area contributed by atoms with Crippen molar-refractivity contribution in [1.29, 1.82) is 0 Å². The van der Waals surface area contributed by atoms with E-state index in [1.807, 2.05) is 26.0 Å². The molecule has 2 aromatic carbocycles. The van der Waals surface area contributed by atoms with Crippen LogP contribution in [0.5, 0.6) is 11.5 Å². The highest BCUT2D eigenvalue weighted by molar-refractivity contribution is 6.13. The van der Waals surface area contributed by atoms with Crippen LogP contribution >= 0.6 is 0 Å². The summed E-state index contributed by atoms with van der Waals surface area (Å²) in [5.74, 6) is -0.819. The monoisotopic (exact) mass is 270 g/mol. The van der Waals surface area contributed by atoms with Gasteiger partial charge >= 0.3 is 0 Å². The predicted octanol–water partition coefficient (Wildman–Crippen LogP) is 3.56. The number of benzene rings is 2. The summed E-state index contributed by atoms with van der Waals surface area (Å²) >= 11 is 0. The van der Waals surface area contributed by atoms with E-state index in [9.17, 15) is 15.0 Å². The molecule has 104 valence electrons. The molecule has 0 atom stereocenters. The van der Waals surface area contributed by atoms with Gasteiger partial charge in [-0.15, -0.1) is 0 Å². The smallest absolute Gasteiger partial charge is 0.197 e. The Labute approximate surface area is 118 Å². The Morgan fingerprint density at radius 2 is 1.45 bits per heavy atom. The standard InChI is InChI=1S/C17H18O3/c1-9-7-5-6-8-13(9)16(19)14-11(3)10(2)12(4)15(18)17(14)20/h5-8,18,20H,1-4H3. The molecule has 0 saturated carbocycles. The molecule has 0 aromatic heterocycles. The number of aromatic hydroxyl groups is 2. The molecule has 0 saturated heterocycles. The van der Waals surface area contributed by atoms with Gasteiger partial charge in [-0.1, -0.05) is 24.3 Å². The Balaban J connectivity index is 2.71. The minimum Gasteiger partial charge on any atom is -0.504 e. The topological polar surface area (TPSA) is 57.5 Å². The van der Waals surface area contributed by atoms with Crippen molar-refractivity contribution < 1.29 is 15.0 Å². The lowest BCUT2D eigenvalue weighted by molar-refractivity contribution is 0.103. The first-order valence-electron chi connectivity index (χ1n) is 6.48. The van der Waals surface area contributed by atoms with Crippen molar-refractivity contribution in [2.24, 2.45) is 0 Å². The lowest BCUT2D eigenvalue weighted by atomic mass is 9.90. The van der Waals surface area contributed by atoms with Crippen LogP contribution in [0.2, 0.25) is 0 Å². The van der Waals surface area contributed by atoms with Crippen molar-refractivity contribution >= 4 is 5.78 Å². The zero-order valence-electron chi connectivity index (χ0n) is 12.1. The second-order valence-electron chi connectivity index (χ2n) is 5.09. The zero-order valence-corrected chi connectivity index (χ0v) is 12.1. The number of carbonyl (C=O) groups excluding carboxylic acids is 1. The predicted molar refractivity (Wildman–Crippen MR) is 78.6 cm³/mol. The summed E-state index contributed by atoms with van der Waals surface area (Å²) in [6.07, 6.45) is 0. The third-order valence-corrected chi connectivity index (χ3v) is 3.93. The lowest BCUT2D eigenvalue weighted by Crippen LogP contribution is -2.08. The highest BCUT2D eigenvalue weighted by atomic mass is 16.3. The van der Waals surface area contributed by atoms with Crippen molar-refractivity contribution in [3.05, 3.63) is 57.6 Å². The largest absolute Gasteiger partial charge is 0.504 e. The van der Waals surface area contributed by atoms with Gasteiger partial charge in [0.05, 0.1) is 5.56 Å². The highest BCUT2D eigenvalue weighted by Gasteiger charge is 2.23. The summed E-state index contributed by atoms with van der Waals surface area (Å²) in [5, 5.41) is 20.1. The van der Waals surface area contributed by atoms with Gasteiger partial charge in [0.15, 0.2) is 17.3 Å². The molecule has 2 aromatic rings. The molecule has 0 radical (unpaired) electrons. The van der Waals surface area contributed by atoms with E-state index < -0.39 is 0 Å². The van der Waals surface area contributed by atoms with Crippen LogP contribution in [-0.2, 0) is 0 Å². The summed E-state index contributed by atoms with van der Waals surface area (Å²) in [4.78, 5) is 12.7. The normalized spacial score (nSPS) is 10.6. The maximum atomic E-state index is 12.7. The van der Waals surface area contributed by atoms with E-state index >= 15 is 0 Å². The minimum atomic E-state index is -0.334. The summed E-state index contributed by atoms with van der Waals surface area (Å²) in [6.45, 7) is 7.19. The van der Waals surface area contributed by atoms with Crippen LogP contribution in [0.15, 0.2) is 24.3 Å². The molecule has 0 unspecified atom stereocenters. The van der Waals surface area contributed by atoms with Crippen molar-refractivity contribution in [3.63, 3.8) is 0 Å². The first kappa shape index (κ1) is 14.1. The zero-order chi connectivity index (χ0) is 15.0. The van der Waals surface area contributed by atoms with Crippen LogP contribution in [0.3, 0.4) is 0 Å². The molecule has 20 heavy (non-hydrogen) atoms. The van der Waals surface area contributed by atoms with Gasteiger partial charge in [-0.3, -0.25) is 4.79 Å². The number of carbonyl (C=O) groups is 1. The second-order valence-corrected chi connectivity index (χ2v) is 5.09. The summed E-state index contributed by atoms with van der Waals surface area (Å²) < 4.78 is 0. The molecule has 3 nitrogen and oxygen atoms in total. The van der Waals surface area contributed by atoms with E-state index in [2.05, 4.69) is 0 Å². The quantitative estimate of drug-likeness (QED) is 0.648. The Kier molecular flexibility index (Phi) is 3.53. The minimum absolute atomic E-state index is 0.180. The lowest BCUT2D eigenvalue weighted by Gasteiger charge is -2.15. The molecule has 0 fully saturated rings. The van der Waals surface area contributed by atoms with Crippen molar-refractivity contribution in [3.8, 4) is 11.5 Å². The van der Waals surface area contributed by atoms with Gasteiger partial charge in [0, 0.05) is 5.56 Å². The van der Waals surface area contributed by atoms with Crippen LogP contribution in [-0.4, -0.2) is 16.0 Å². The molecule has 0 amide bonds. The Morgan fingerprint density at radius 3 is 2.05 bits per heavy atom. The fourth-order valence-corrected chi connectivity index (χ4v) is 2.36. The van der Waals surface area contributed by atoms with Gasteiger partial charge in [-0.25, -0.2) is 0 Å². The number of rotatable bonds is 2. The van der Waals surface area contributed by atoms with Gasteiger partial charge in [-0.05, 0) is 49.9 Å². The molecular weight excluding hydrogens is 252 g/mol. The molecule has 2 N–H and O–H groups in total. The van der Waals surface area contributed by atoms with Crippen molar-refractivity contribution in [1.82, 2.24) is 0 Å². The van der Waals surface area contributed by atoms with Crippen molar-refractivity contribution in [2.45, 2.75) is 27.7 Å². The number of aryl methyl sites for hydroxylation is 1. The van der Waals surface area contributed by atoms with Crippen molar-refractivity contribution in [2.75, 3.05) is 0 Å². The van der Waals surface area contributed by atoms with E-state index in [1.54, 1.807) is 26.0 Å². The molecular formula is C17H18O3. The molecule has 0 bridgehead atoms. The number of phenols is 2. The summed E-state index contributed by atoms with van der Waals surface area (Å²) in [5.41, 5.74) is 3.67. The van der Waals surface area contributed by atoms with Gasteiger partial charge in [0.25, 0.3) is 0 Å². The van der Waals surface area contributed by atoms with Crippen LogP contribution in [0.1, 0.15) is 38.2 Å². The maximum absolute atomic E-state index is 12.7. The van der Waals surface area contributed by atoms with Crippen LogP contribution in [0.4, 0.5) is 0 Å². The van der Waals surface area contributed by atoms with Gasteiger partial charge < -0.3 is 10.2 Å². The fourth-order valence-electron chi connectivity index (χ4n) is 2.36. The Bertz CT molecular complexity index is 671. The molecule has 0 spiro atoms. The average molecular weight is 270 g/mol. The van der Waals surface area contributed by atoms with Crippen LogP contribution < -0.4 is 0 Å². The third kappa shape index (κ3) is 2.05.